The van der Waals surface area contributed by atoms with E-state index in [1.165, 1.54) is 13.4 Å². The minimum Gasteiger partial charge on any atom is -0.492 e. The number of anilines is 2. The average molecular weight is 599 g/mol. The highest BCUT2D eigenvalue weighted by molar-refractivity contribution is 7.92. The van der Waals surface area contributed by atoms with Crippen molar-refractivity contribution in [2.45, 2.75) is 39.7 Å². The predicted octanol–water partition coefficient (Wildman–Crippen LogP) is 4.50. The van der Waals surface area contributed by atoms with Crippen molar-refractivity contribution in [2.75, 3.05) is 57.6 Å². The molecule has 42 heavy (non-hydrogen) atoms. The zero-order chi connectivity index (χ0) is 31.2. The number of hydrogen-bond acceptors (Lipinski definition) is 9. The van der Waals surface area contributed by atoms with Crippen LogP contribution in [0.15, 0.2) is 42.7 Å². The molecule has 1 heterocycles. The molecular formula is C30H42N6O5S. The molecule has 0 radical (unpaired) electrons. The van der Waals surface area contributed by atoms with Crippen LogP contribution in [0.1, 0.15) is 48.0 Å². The van der Waals surface area contributed by atoms with Gasteiger partial charge in [0.2, 0.25) is 15.9 Å². The number of rotatable bonds is 12. The van der Waals surface area contributed by atoms with E-state index in [1.54, 1.807) is 36.4 Å². The summed E-state index contributed by atoms with van der Waals surface area (Å²) >= 11 is 0. The molecule has 0 fully saturated rings. The van der Waals surface area contributed by atoms with Crippen molar-refractivity contribution in [1.29, 1.82) is 0 Å². The van der Waals surface area contributed by atoms with Gasteiger partial charge in [0.05, 0.1) is 30.4 Å². The third-order valence-corrected chi connectivity index (χ3v) is 7.02. The van der Waals surface area contributed by atoms with E-state index in [4.69, 9.17) is 9.47 Å². The Balaban J connectivity index is 1.87. The van der Waals surface area contributed by atoms with Gasteiger partial charge in [-0.3, -0.25) is 14.4 Å². The molecular weight excluding hydrogens is 556 g/mol. The summed E-state index contributed by atoms with van der Waals surface area (Å²) in [6.07, 6.45) is 2.53. The Morgan fingerprint density at radius 1 is 1.00 bits per heavy atom. The maximum atomic E-state index is 13.4. The van der Waals surface area contributed by atoms with E-state index in [-0.39, 0.29) is 16.9 Å². The largest absolute Gasteiger partial charge is 0.492 e. The van der Waals surface area contributed by atoms with Crippen LogP contribution in [0.5, 0.6) is 17.4 Å². The number of hydrogen-bond donors (Lipinski definition) is 2. The minimum absolute atomic E-state index is 0.203. The predicted molar refractivity (Wildman–Crippen MR) is 166 cm³/mol. The van der Waals surface area contributed by atoms with Crippen LogP contribution in [-0.4, -0.2) is 81.7 Å². The number of carbonyl (C=O) groups is 1. The van der Waals surface area contributed by atoms with Gasteiger partial charge in [-0.25, -0.2) is 18.4 Å². The lowest BCUT2D eigenvalue weighted by Crippen LogP contribution is -2.28. The first-order valence-electron chi connectivity index (χ1n) is 13.5. The van der Waals surface area contributed by atoms with Gasteiger partial charge < -0.3 is 19.7 Å². The lowest BCUT2D eigenvalue weighted by molar-refractivity contribution is 0.102. The Kier molecular flexibility index (Phi) is 10.5. The molecule has 11 nitrogen and oxygen atoms in total. The van der Waals surface area contributed by atoms with Gasteiger partial charge in [-0.05, 0) is 68.9 Å². The third-order valence-electron chi connectivity index (χ3n) is 6.43. The Morgan fingerprint density at radius 2 is 1.69 bits per heavy atom. The molecule has 0 unspecified atom stereocenters. The first-order valence-corrected chi connectivity index (χ1v) is 15.4. The van der Waals surface area contributed by atoms with Gasteiger partial charge in [0, 0.05) is 31.3 Å². The van der Waals surface area contributed by atoms with E-state index in [0.717, 1.165) is 36.2 Å². The third kappa shape index (κ3) is 9.40. The van der Waals surface area contributed by atoms with Gasteiger partial charge in [0.1, 0.15) is 12.1 Å². The van der Waals surface area contributed by atoms with Crippen molar-refractivity contribution < 1.29 is 22.7 Å². The van der Waals surface area contributed by atoms with Crippen LogP contribution in [0.4, 0.5) is 11.4 Å². The number of aromatic nitrogens is 2. The molecule has 0 aliphatic rings. The monoisotopic (exact) mass is 598 g/mol. The van der Waals surface area contributed by atoms with Crippen molar-refractivity contribution in [3.05, 3.63) is 65.1 Å². The molecule has 3 aromatic rings. The fourth-order valence-electron chi connectivity index (χ4n) is 4.05. The minimum atomic E-state index is -3.60. The highest BCUT2D eigenvalue weighted by atomic mass is 32.2. The molecule has 0 saturated carbocycles. The number of nitrogens with one attached hydrogen (secondary N) is 2. The number of methoxy groups -OCH3 is 1. The number of carbonyl (C=O) groups excluding carboxylic acids is 1. The quantitative estimate of drug-likeness (QED) is 0.310. The van der Waals surface area contributed by atoms with Gasteiger partial charge in [-0.15, -0.1) is 0 Å². The van der Waals surface area contributed by atoms with Gasteiger partial charge in [0.25, 0.3) is 5.91 Å². The molecule has 0 atom stereocenters. The molecule has 228 valence electrons. The maximum Gasteiger partial charge on any atom is 0.255 e. The average Bonchev–Trinajstić information content (AvgIpc) is 2.87. The Labute approximate surface area is 249 Å². The smallest absolute Gasteiger partial charge is 0.255 e. The first-order chi connectivity index (χ1) is 19.6. The molecule has 2 aromatic carbocycles. The van der Waals surface area contributed by atoms with Crippen LogP contribution in [0.2, 0.25) is 0 Å². The molecule has 0 aliphatic heterocycles. The molecule has 0 aliphatic carbocycles. The van der Waals surface area contributed by atoms with E-state index < -0.39 is 15.9 Å². The summed E-state index contributed by atoms with van der Waals surface area (Å²) in [6, 6.07) is 10.4. The summed E-state index contributed by atoms with van der Waals surface area (Å²) in [6.45, 7) is 10.3. The summed E-state index contributed by atoms with van der Waals surface area (Å²) in [5.74, 6) is 0.635. The summed E-state index contributed by atoms with van der Waals surface area (Å²) in [7, 11) is 3.92. The van der Waals surface area contributed by atoms with Crippen molar-refractivity contribution in [2.24, 2.45) is 0 Å². The van der Waals surface area contributed by atoms with E-state index in [9.17, 15) is 13.2 Å². The number of nitrogens with zero attached hydrogens (tertiary/aromatic N) is 4. The molecule has 0 spiro atoms. The summed E-state index contributed by atoms with van der Waals surface area (Å²) in [5.41, 5.74) is 3.03. The first kappa shape index (κ1) is 32.8. The zero-order valence-electron chi connectivity index (χ0n) is 25.9. The second-order valence-corrected chi connectivity index (χ2v) is 13.4. The van der Waals surface area contributed by atoms with E-state index in [2.05, 4.69) is 29.8 Å². The Morgan fingerprint density at radius 3 is 2.31 bits per heavy atom. The fourth-order valence-corrected chi connectivity index (χ4v) is 4.61. The summed E-state index contributed by atoms with van der Waals surface area (Å²) in [5, 5.41) is 2.89. The van der Waals surface area contributed by atoms with Gasteiger partial charge in [-0.1, -0.05) is 26.8 Å². The van der Waals surface area contributed by atoms with Crippen molar-refractivity contribution in [3.8, 4) is 17.4 Å². The summed E-state index contributed by atoms with van der Waals surface area (Å²) in [4.78, 5) is 26.4. The molecule has 1 aromatic heterocycles. The molecule has 3 rings (SSSR count). The molecule has 12 heteroatoms. The number of sulfonamides is 1. The van der Waals surface area contributed by atoms with Gasteiger partial charge >= 0.3 is 0 Å². The molecule has 0 saturated heterocycles. The maximum absolute atomic E-state index is 13.4. The number of likely N-dealkylation sites (N-methyl/N-ethyl adjacent to an activating group) is 2. The summed E-state index contributed by atoms with van der Waals surface area (Å²) < 4.78 is 38.2. The normalized spacial score (nSPS) is 12.0. The van der Waals surface area contributed by atoms with Crippen LogP contribution >= 0.6 is 0 Å². The standard InChI is InChI=1S/C30H42N6O5S/c1-20-10-11-21(14-26(20)41-27-17-23(31-19-32-27)18-36(7)13-12-35(5)6)29(37)33-24-15-22(30(2,3)4)16-25(28(24)40-8)34-42(9,38)39/h10-11,14-17,19,34H,12-13,18H2,1-9H3,(H,33,37). The van der Waals surface area contributed by atoms with Crippen LogP contribution in [0.3, 0.4) is 0 Å². The van der Waals surface area contributed by atoms with Crippen LogP contribution in [0.25, 0.3) is 0 Å². The topological polar surface area (TPSA) is 126 Å². The fraction of sp³-hybridized carbons (Fsp3) is 0.433. The van der Waals surface area contributed by atoms with E-state index >= 15 is 0 Å². The second kappa shape index (κ2) is 13.5. The van der Waals surface area contributed by atoms with Crippen LogP contribution in [0, 0.1) is 6.92 Å². The van der Waals surface area contributed by atoms with Crippen LogP contribution in [-0.2, 0) is 22.0 Å². The van der Waals surface area contributed by atoms with E-state index in [0.29, 0.717) is 29.4 Å². The van der Waals surface area contributed by atoms with E-state index in [1.807, 2.05) is 48.8 Å². The highest BCUT2D eigenvalue weighted by Gasteiger charge is 2.23. The zero-order valence-corrected chi connectivity index (χ0v) is 26.7. The lowest BCUT2D eigenvalue weighted by Gasteiger charge is -2.24. The number of aryl methyl sites for hydroxylation is 1. The van der Waals surface area contributed by atoms with Gasteiger partial charge in [-0.2, -0.15) is 0 Å². The SMILES string of the molecule is COc1c(NC(=O)c2ccc(C)c(Oc3cc(CN(C)CCN(C)C)ncn3)c2)cc(C(C)(C)C)cc1NS(C)(=O)=O. The molecule has 2 N–H and O–H groups in total. The second-order valence-electron chi connectivity index (χ2n) is 11.7. The van der Waals surface area contributed by atoms with Gasteiger partial charge in [0.15, 0.2) is 5.75 Å². The van der Waals surface area contributed by atoms with Crippen molar-refractivity contribution in [3.63, 3.8) is 0 Å². The van der Waals surface area contributed by atoms with Crippen LogP contribution < -0.4 is 19.5 Å². The highest BCUT2D eigenvalue weighted by Crippen LogP contribution is 2.39. The lowest BCUT2D eigenvalue weighted by atomic mass is 9.86. The molecule has 0 bridgehead atoms. The number of ether oxygens (including phenoxy) is 2. The Hall–Kier alpha value is -3.74. The number of amides is 1. The van der Waals surface area contributed by atoms with Crippen molar-refractivity contribution in [1.82, 2.24) is 19.8 Å². The number of benzene rings is 2. The van der Waals surface area contributed by atoms with Crippen molar-refractivity contribution >= 4 is 27.3 Å². The Bertz CT molecular complexity index is 1520. The molecule has 1 amide bonds.